The molecule has 1 atom stereocenters. The molecule has 0 unspecified atom stereocenters. The Labute approximate surface area is 151 Å². The number of methoxy groups -OCH3 is 1. The van der Waals surface area contributed by atoms with Crippen LogP contribution in [0, 0.1) is 0 Å². The zero-order valence-corrected chi connectivity index (χ0v) is 15.3. The van der Waals surface area contributed by atoms with Crippen LogP contribution in [0.3, 0.4) is 0 Å². The van der Waals surface area contributed by atoms with Crippen LogP contribution in [-0.4, -0.2) is 53.0 Å². The van der Waals surface area contributed by atoms with E-state index >= 15 is 0 Å². The van der Waals surface area contributed by atoms with E-state index in [0.717, 1.165) is 53.1 Å². The summed E-state index contributed by atoms with van der Waals surface area (Å²) in [7, 11) is 1.66. The van der Waals surface area contributed by atoms with Gasteiger partial charge in [-0.2, -0.15) is 16.9 Å². The molecule has 25 heavy (non-hydrogen) atoms. The Morgan fingerprint density at radius 3 is 2.96 bits per heavy atom. The van der Waals surface area contributed by atoms with Gasteiger partial charge in [0, 0.05) is 16.7 Å². The number of carbonyl (C=O) groups is 1. The predicted octanol–water partition coefficient (Wildman–Crippen LogP) is 2.03. The number of hydrogen-bond donors (Lipinski definition) is 3. The third kappa shape index (κ3) is 3.52. The standard InChI is InChI=1S/C18H23N3O3S/c1-24-15-5-3-4-13-12(15)6-7-14-16(13)20-21-17(14)18(23)19-11(10-22)8-9-25-2/h3-5,11,22H,6-10H2,1-2H3,(H,19,23)(H,20,21)/t11-/m0/s1. The van der Waals surface area contributed by atoms with Crippen LogP contribution in [0.5, 0.6) is 5.75 Å². The number of H-pyrrole nitrogens is 1. The van der Waals surface area contributed by atoms with Gasteiger partial charge >= 0.3 is 0 Å². The van der Waals surface area contributed by atoms with E-state index in [1.807, 2.05) is 24.5 Å². The smallest absolute Gasteiger partial charge is 0.269 e. The number of nitrogens with one attached hydrogen (secondary N) is 2. The van der Waals surface area contributed by atoms with E-state index in [0.29, 0.717) is 5.69 Å². The van der Waals surface area contributed by atoms with Crippen LogP contribution in [0.25, 0.3) is 11.3 Å². The molecule has 0 saturated heterocycles. The number of aliphatic hydroxyl groups is 1. The van der Waals surface area contributed by atoms with Crippen molar-refractivity contribution in [2.75, 3.05) is 25.7 Å². The Morgan fingerprint density at radius 1 is 1.44 bits per heavy atom. The number of hydrogen-bond acceptors (Lipinski definition) is 5. The molecule has 1 aromatic heterocycles. The Balaban J connectivity index is 1.85. The van der Waals surface area contributed by atoms with Crippen LogP contribution in [0.2, 0.25) is 0 Å². The fourth-order valence-electron chi connectivity index (χ4n) is 3.23. The lowest BCUT2D eigenvalue weighted by Gasteiger charge is -2.19. The van der Waals surface area contributed by atoms with Gasteiger partial charge in [-0.25, -0.2) is 0 Å². The first-order chi connectivity index (χ1) is 12.2. The summed E-state index contributed by atoms with van der Waals surface area (Å²) in [5.41, 5.74) is 4.38. The van der Waals surface area contributed by atoms with Gasteiger partial charge in [-0.15, -0.1) is 0 Å². The maximum absolute atomic E-state index is 12.6. The molecule has 1 aliphatic rings. The number of aromatic nitrogens is 2. The quantitative estimate of drug-likeness (QED) is 0.702. The maximum atomic E-state index is 12.6. The molecule has 0 aliphatic heterocycles. The first-order valence-electron chi connectivity index (χ1n) is 8.33. The zero-order valence-electron chi connectivity index (χ0n) is 14.5. The normalized spacial score (nSPS) is 13.7. The minimum Gasteiger partial charge on any atom is -0.496 e. The topological polar surface area (TPSA) is 87.2 Å². The van der Waals surface area contributed by atoms with Crippen molar-refractivity contribution >= 4 is 17.7 Å². The summed E-state index contributed by atoms with van der Waals surface area (Å²) in [5.74, 6) is 1.54. The van der Waals surface area contributed by atoms with E-state index in [-0.39, 0.29) is 18.6 Å². The number of amides is 1. The number of ether oxygens (including phenoxy) is 1. The van der Waals surface area contributed by atoms with Crippen LogP contribution >= 0.6 is 11.8 Å². The highest BCUT2D eigenvalue weighted by atomic mass is 32.2. The minimum atomic E-state index is -0.241. The maximum Gasteiger partial charge on any atom is 0.269 e. The summed E-state index contributed by atoms with van der Waals surface area (Å²) in [6.07, 6.45) is 4.28. The van der Waals surface area contributed by atoms with Crippen LogP contribution in [0.4, 0.5) is 0 Å². The van der Waals surface area contributed by atoms with Gasteiger partial charge in [0.15, 0.2) is 0 Å². The largest absolute Gasteiger partial charge is 0.496 e. The number of carbonyl (C=O) groups excluding carboxylic acids is 1. The van der Waals surface area contributed by atoms with Crippen molar-refractivity contribution in [3.63, 3.8) is 0 Å². The summed E-state index contributed by atoms with van der Waals surface area (Å²) in [6.45, 7) is -0.0668. The minimum absolute atomic E-state index is 0.0668. The van der Waals surface area contributed by atoms with Crippen LogP contribution < -0.4 is 10.1 Å². The lowest BCUT2D eigenvalue weighted by atomic mass is 9.88. The third-order valence-electron chi connectivity index (χ3n) is 4.55. The van der Waals surface area contributed by atoms with Crippen molar-refractivity contribution in [2.24, 2.45) is 0 Å². The first kappa shape index (κ1) is 17.8. The number of thioether (sulfide) groups is 1. The molecule has 1 aliphatic carbocycles. The van der Waals surface area contributed by atoms with Gasteiger partial charge in [0.25, 0.3) is 5.91 Å². The molecule has 1 heterocycles. The van der Waals surface area contributed by atoms with Gasteiger partial charge in [0.2, 0.25) is 0 Å². The molecule has 0 radical (unpaired) electrons. The Hall–Kier alpha value is -1.99. The second-order valence-corrected chi connectivity index (χ2v) is 7.03. The summed E-state index contributed by atoms with van der Waals surface area (Å²) >= 11 is 1.69. The first-order valence-corrected chi connectivity index (χ1v) is 9.73. The van der Waals surface area contributed by atoms with Gasteiger partial charge < -0.3 is 15.2 Å². The average Bonchev–Trinajstić information content (AvgIpc) is 3.09. The van der Waals surface area contributed by atoms with E-state index in [9.17, 15) is 9.90 Å². The lowest BCUT2D eigenvalue weighted by molar-refractivity contribution is 0.0909. The molecular weight excluding hydrogens is 338 g/mol. The summed E-state index contributed by atoms with van der Waals surface area (Å²) in [5, 5.41) is 19.6. The van der Waals surface area contributed by atoms with Crippen LogP contribution in [0.1, 0.15) is 28.0 Å². The van der Waals surface area contributed by atoms with Gasteiger partial charge in [-0.3, -0.25) is 9.89 Å². The molecule has 6 nitrogen and oxygen atoms in total. The summed E-state index contributed by atoms with van der Waals surface area (Å²) in [4.78, 5) is 12.6. The molecular formula is C18H23N3O3S. The molecule has 7 heteroatoms. The summed E-state index contributed by atoms with van der Waals surface area (Å²) in [6, 6.07) is 5.65. The van der Waals surface area contributed by atoms with E-state index in [2.05, 4.69) is 15.5 Å². The number of nitrogens with zero attached hydrogens (tertiary/aromatic N) is 1. The third-order valence-corrected chi connectivity index (χ3v) is 5.20. The van der Waals surface area contributed by atoms with Crippen molar-refractivity contribution in [3.8, 4) is 17.0 Å². The molecule has 3 rings (SSSR count). The molecule has 1 aromatic carbocycles. The van der Waals surface area contributed by atoms with E-state index in [1.165, 1.54) is 0 Å². The Morgan fingerprint density at radius 2 is 2.24 bits per heavy atom. The average molecular weight is 361 g/mol. The van der Waals surface area contributed by atoms with Gasteiger partial charge in [0.1, 0.15) is 11.4 Å². The number of rotatable bonds is 7. The Bertz CT molecular complexity index is 760. The summed E-state index contributed by atoms with van der Waals surface area (Å²) < 4.78 is 5.44. The van der Waals surface area contributed by atoms with Crippen molar-refractivity contribution in [1.82, 2.24) is 15.5 Å². The number of benzene rings is 1. The highest BCUT2D eigenvalue weighted by Crippen LogP contribution is 2.37. The highest BCUT2D eigenvalue weighted by Gasteiger charge is 2.27. The fourth-order valence-corrected chi connectivity index (χ4v) is 3.75. The number of fused-ring (bicyclic) bond motifs is 3. The molecule has 2 aromatic rings. The van der Waals surface area contributed by atoms with Crippen molar-refractivity contribution in [3.05, 3.63) is 35.0 Å². The molecule has 3 N–H and O–H groups in total. The lowest BCUT2D eigenvalue weighted by Crippen LogP contribution is -2.38. The number of aromatic amines is 1. The zero-order chi connectivity index (χ0) is 17.8. The van der Waals surface area contributed by atoms with Gasteiger partial charge in [-0.05, 0) is 37.3 Å². The van der Waals surface area contributed by atoms with Gasteiger partial charge in [0.05, 0.1) is 25.5 Å². The van der Waals surface area contributed by atoms with E-state index < -0.39 is 0 Å². The van der Waals surface area contributed by atoms with Crippen molar-refractivity contribution in [1.29, 1.82) is 0 Å². The second kappa shape index (κ2) is 7.93. The predicted molar refractivity (Wildman–Crippen MR) is 99.3 cm³/mol. The van der Waals surface area contributed by atoms with Gasteiger partial charge in [-0.1, -0.05) is 12.1 Å². The SMILES string of the molecule is COc1cccc2c1CCc1c-2n[nH]c1C(=O)N[C@H](CO)CCSC. The molecule has 0 saturated carbocycles. The molecule has 134 valence electrons. The molecule has 0 bridgehead atoms. The Kier molecular flexibility index (Phi) is 5.65. The second-order valence-electron chi connectivity index (χ2n) is 6.05. The van der Waals surface area contributed by atoms with Crippen LogP contribution in [0.15, 0.2) is 18.2 Å². The monoisotopic (exact) mass is 361 g/mol. The van der Waals surface area contributed by atoms with Crippen molar-refractivity contribution < 1.29 is 14.6 Å². The van der Waals surface area contributed by atoms with E-state index in [1.54, 1.807) is 18.9 Å². The number of aliphatic hydroxyl groups excluding tert-OH is 1. The molecule has 0 fully saturated rings. The van der Waals surface area contributed by atoms with Crippen molar-refractivity contribution in [2.45, 2.75) is 25.3 Å². The highest BCUT2D eigenvalue weighted by molar-refractivity contribution is 7.98. The molecule has 1 amide bonds. The van der Waals surface area contributed by atoms with E-state index in [4.69, 9.17) is 4.74 Å². The molecule has 0 spiro atoms. The fraction of sp³-hybridized carbons (Fsp3) is 0.444. The van der Waals surface area contributed by atoms with Crippen LogP contribution in [-0.2, 0) is 12.8 Å².